The van der Waals surface area contributed by atoms with Crippen LogP contribution in [0.3, 0.4) is 0 Å². The molecule has 100 valence electrons. The lowest BCUT2D eigenvalue weighted by Gasteiger charge is -2.24. The molecule has 1 unspecified atom stereocenters. The van der Waals surface area contributed by atoms with E-state index in [1.165, 1.54) is 0 Å². The molecule has 1 aromatic rings. The van der Waals surface area contributed by atoms with Crippen molar-refractivity contribution < 1.29 is 4.79 Å². The number of carbonyl (C=O) groups excluding carboxylic acids is 1. The maximum atomic E-state index is 11.0. The molecule has 18 heavy (non-hydrogen) atoms. The standard InChI is InChI=1S/C13H21N3OS/c1-9(8-18-3)16(2)7-11-5-4-10(13(15)17)6-12(11)14/h4-6,9H,7-8,14H2,1-3H3,(H2,15,17). The van der Waals surface area contributed by atoms with Crippen LogP contribution in [0.15, 0.2) is 18.2 Å². The monoisotopic (exact) mass is 267 g/mol. The molecule has 0 heterocycles. The molecule has 0 radical (unpaired) electrons. The van der Waals surface area contributed by atoms with Gasteiger partial charge in [0.05, 0.1) is 0 Å². The van der Waals surface area contributed by atoms with Crippen molar-refractivity contribution in [2.45, 2.75) is 19.5 Å². The van der Waals surface area contributed by atoms with Gasteiger partial charge in [-0.3, -0.25) is 9.69 Å². The number of benzene rings is 1. The highest BCUT2D eigenvalue weighted by Crippen LogP contribution is 2.17. The second-order valence-electron chi connectivity index (χ2n) is 4.50. The zero-order valence-electron chi connectivity index (χ0n) is 11.1. The maximum absolute atomic E-state index is 11.0. The van der Waals surface area contributed by atoms with E-state index in [0.29, 0.717) is 17.3 Å². The van der Waals surface area contributed by atoms with E-state index in [0.717, 1.165) is 17.9 Å². The van der Waals surface area contributed by atoms with Crippen LogP contribution < -0.4 is 11.5 Å². The van der Waals surface area contributed by atoms with Gasteiger partial charge in [-0.25, -0.2) is 0 Å². The molecule has 0 saturated carbocycles. The van der Waals surface area contributed by atoms with Crippen LogP contribution in [0.1, 0.15) is 22.8 Å². The molecule has 0 aliphatic carbocycles. The summed E-state index contributed by atoms with van der Waals surface area (Å²) in [5.74, 6) is 0.632. The van der Waals surface area contributed by atoms with Crippen molar-refractivity contribution in [2.24, 2.45) is 5.73 Å². The predicted molar refractivity (Wildman–Crippen MR) is 78.7 cm³/mol. The molecule has 0 aliphatic heterocycles. The van der Waals surface area contributed by atoms with Crippen molar-refractivity contribution in [3.05, 3.63) is 29.3 Å². The molecule has 0 bridgehead atoms. The van der Waals surface area contributed by atoms with Gasteiger partial charge in [-0.15, -0.1) is 0 Å². The number of hydrogen-bond donors (Lipinski definition) is 2. The summed E-state index contributed by atoms with van der Waals surface area (Å²) >= 11 is 1.83. The minimum Gasteiger partial charge on any atom is -0.398 e. The number of amides is 1. The Bertz CT molecular complexity index is 423. The summed E-state index contributed by atoms with van der Waals surface area (Å²) < 4.78 is 0. The number of carbonyl (C=O) groups is 1. The number of primary amides is 1. The minimum absolute atomic E-state index is 0.447. The number of anilines is 1. The first-order valence-corrected chi connectivity index (χ1v) is 7.22. The smallest absolute Gasteiger partial charge is 0.248 e. The Morgan fingerprint density at radius 3 is 2.67 bits per heavy atom. The number of nitrogen functional groups attached to an aromatic ring is 1. The van der Waals surface area contributed by atoms with Gasteiger partial charge in [-0.2, -0.15) is 11.8 Å². The number of nitrogens with zero attached hydrogens (tertiary/aromatic N) is 1. The van der Waals surface area contributed by atoms with Crippen LogP contribution >= 0.6 is 11.8 Å². The van der Waals surface area contributed by atoms with Crippen LogP contribution in [-0.2, 0) is 6.54 Å². The lowest BCUT2D eigenvalue weighted by Crippen LogP contribution is -2.30. The first-order valence-electron chi connectivity index (χ1n) is 5.83. The quantitative estimate of drug-likeness (QED) is 0.767. The Morgan fingerprint density at radius 2 is 2.17 bits per heavy atom. The molecule has 5 heteroatoms. The fourth-order valence-corrected chi connectivity index (χ4v) is 2.42. The lowest BCUT2D eigenvalue weighted by molar-refractivity contribution is 0.100. The fraction of sp³-hybridized carbons (Fsp3) is 0.462. The second kappa shape index (κ2) is 6.66. The summed E-state index contributed by atoms with van der Waals surface area (Å²) in [6, 6.07) is 5.72. The van der Waals surface area contributed by atoms with Crippen LogP contribution in [0.2, 0.25) is 0 Å². The molecule has 1 aromatic carbocycles. The predicted octanol–water partition coefficient (Wildman–Crippen LogP) is 1.55. The molecular formula is C13H21N3OS. The Balaban J connectivity index is 2.76. The number of hydrogen-bond acceptors (Lipinski definition) is 4. The highest BCUT2D eigenvalue weighted by atomic mass is 32.2. The van der Waals surface area contributed by atoms with E-state index in [2.05, 4.69) is 25.1 Å². The van der Waals surface area contributed by atoms with E-state index in [4.69, 9.17) is 11.5 Å². The molecule has 4 nitrogen and oxygen atoms in total. The van der Waals surface area contributed by atoms with Crippen molar-refractivity contribution in [1.82, 2.24) is 4.90 Å². The van der Waals surface area contributed by atoms with E-state index in [1.807, 2.05) is 17.8 Å². The van der Waals surface area contributed by atoms with E-state index in [1.54, 1.807) is 12.1 Å². The van der Waals surface area contributed by atoms with E-state index in [-0.39, 0.29) is 0 Å². The van der Waals surface area contributed by atoms with E-state index >= 15 is 0 Å². The van der Waals surface area contributed by atoms with Crippen LogP contribution in [-0.4, -0.2) is 35.9 Å². The fourth-order valence-electron chi connectivity index (χ4n) is 1.69. The topological polar surface area (TPSA) is 72.3 Å². The van der Waals surface area contributed by atoms with Crippen molar-refractivity contribution in [3.8, 4) is 0 Å². The Morgan fingerprint density at radius 1 is 1.50 bits per heavy atom. The summed E-state index contributed by atoms with van der Waals surface area (Å²) in [5.41, 5.74) is 13.3. The summed E-state index contributed by atoms with van der Waals surface area (Å²) in [6.45, 7) is 2.96. The van der Waals surface area contributed by atoms with Crippen molar-refractivity contribution >= 4 is 23.4 Å². The third kappa shape index (κ3) is 3.92. The molecule has 0 aliphatic rings. The van der Waals surface area contributed by atoms with Gasteiger partial charge in [0.1, 0.15) is 0 Å². The Kier molecular flexibility index (Phi) is 5.50. The zero-order chi connectivity index (χ0) is 13.7. The van der Waals surface area contributed by atoms with Crippen LogP contribution in [0.5, 0.6) is 0 Å². The number of thioether (sulfide) groups is 1. The average Bonchev–Trinajstić information content (AvgIpc) is 2.31. The molecule has 0 fully saturated rings. The number of nitrogens with two attached hydrogens (primary N) is 2. The Hall–Kier alpha value is -1.20. The number of rotatable bonds is 6. The lowest BCUT2D eigenvalue weighted by atomic mass is 10.1. The molecule has 4 N–H and O–H groups in total. The molecule has 0 spiro atoms. The Labute approximate surface area is 113 Å². The normalized spacial score (nSPS) is 12.7. The zero-order valence-corrected chi connectivity index (χ0v) is 12.0. The second-order valence-corrected chi connectivity index (χ2v) is 5.41. The largest absolute Gasteiger partial charge is 0.398 e. The SMILES string of the molecule is CSCC(C)N(C)Cc1ccc(C(N)=O)cc1N. The average molecular weight is 267 g/mol. The molecule has 1 amide bonds. The van der Waals surface area contributed by atoms with Crippen molar-refractivity contribution in [1.29, 1.82) is 0 Å². The third-order valence-corrected chi connectivity index (χ3v) is 3.83. The van der Waals surface area contributed by atoms with E-state index < -0.39 is 5.91 Å². The van der Waals surface area contributed by atoms with Crippen molar-refractivity contribution in [3.63, 3.8) is 0 Å². The first-order chi connectivity index (χ1) is 8.45. The van der Waals surface area contributed by atoms with Gasteiger partial charge in [0.25, 0.3) is 0 Å². The third-order valence-electron chi connectivity index (χ3n) is 3.01. The van der Waals surface area contributed by atoms with Gasteiger partial charge in [0, 0.05) is 29.6 Å². The van der Waals surface area contributed by atoms with Crippen LogP contribution in [0.25, 0.3) is 0 Å². The highest BCUT2D eigenvalue weighted by molar-refractivity contribution is 7.98. The first kappa shape index (κ1) is 14.9. The van der Waals surface area contributed by atoms with Gasteiger partial charge >= 0.3 is 0 Å². The summed E-state index contributed by atoms with van der Waals surface area (Å²) in [5, 5.41) is 0. The minimum atomic E-state index is -0.447. The molecule has 0 aromatic heterocycles. The van der Waals surface area contributed by atoms with Gasteiger partial charge in [0.15, 0.2) is 0 Å². The van der Waals surface area contributed by atoms with E-state index in [9.17, 15) is 4.79 Å². The van der Waals surface area contributed by atoms with Gasteiger partial charge in [-0.1, -0.05) is 6.07 Å². The highest BCUT2D eigenvalue weighted by Gasteiger charge is 2.11. The van der Waals surface area contributed by atoms with Gasteiger partial charge < -0.3 is 11.5 Å². The summed E-state index contributed by atoms with van der Waals surface area (Å²) in [7, 11) is 2.07. The molecular weight excluding hydrogens is 246 g/mol. The molecule has 1 rings (SSSR count). The van der Waals surface area contributed by atoms with Gasteiger partial charge in [-0.05, 0) is 37.9 Å². The van der Waals surface area contributed by atoms with Gasteiger partial charge in [0.2, 0.25) is 5.91 Å². The molecule has 0 saturated heterocycles. The van der Waals surface area contributed by atoms with Crippen LogP contribution in [0, 0.1) is 0 Å². The summed E-state index contributed by atoms with van der Waals surface area (Å²) in [4.78, 5) is 13.3. The summed E-state index contributed by atoms with van der Waals surface area (Å²) in [6.07, 6.45) is 2.10. The maximum Gasteiger partial charge on any atom is 0.248 e. The van der Waals surface area contributed by atoms with Crippen LogP contribution in [0.4, 0.5) is 5.69 Å². The molecule has 1 atom stereocenters. The van der Waals surface area contributed by atoms with Crippen molar-refractivity contribution in [2.75, 3.05) is 24.8 Å².